The highest BCUT2D eigenvalue weighted by Gasteiger charge is 2.11. The maximum Gasteiger partial charge on any atom is 0.316 e. The van der Waals surface area contributed by atoms with Crippen LogP contribution in [0.15, 0.2) is 47.8 Å². The van der Waals surface area contributed by atoms with E-state index in [1.807, 2.05) is 54.8 Å². The van der Waals surface area contributed by atoms with Crippen LogP contribution in [0.1, 0.15) is 23.4 Å². The Morgan fingerprint density at radius 1 is 1.22 bits per heavy atom. The predicted molar refractivity (Wildman–Crippen MR) is 94.4 cm³/mol. The van der Waals surface area contributed by atoms with Gasteiger partial charge in [-0.05, 0) is 23.9 Å². The molecule has 0 saturated carbocycles. The van der Waals surface area contributed by atoms with Crippen molar-refractivity contribution in [3.8, 4) is 0 Å². The summed E-state index contributed by atoms with van der Waals surface area (Å²) in [6, 6.07) is 13.5. The average Bonchev–Trinajstić information content (AvgIpc) is 3.07. The Labute approximate surface area is 144 Å². The topological polar surface area (TPSA) is 55.4 Å². The summed E-state index contributed by atoms with van der Waals surface area (Å²) < 4.78 is 4.99. The van der Waals surface area contributed by atoms with Crippen LogP contribution >= 0.6 is 23.1 Å². The van der Waals surface area contributed by atoms with Crippen molar-refractivity contribution in [1.82, 2.24) is 5.32 Å². The number of thiophene rings is 1. The number of carbonyl (C=O) groups excluding carboxylic acids is 2. The van der Waals surface area contributed by atoms with Crippen molar-refractivity contribution in [3.05, 3.63) is 58.3 Å². The number of hydrogen-bond acceptors (Lipinski definition) is 5. The van der Waals surface area contributed by atoms with Gasteiger partial charge in [-0.25, -0.2) is 0 Å². The molecule has 23 heavy (non-hydrogen) atoms. The Kier molecular flexibility index (Phi) is 7.16. The molecule has 0 aliphatic rings. The molecule has 2 aromatic rings. The van der Waals surface area contributed by atoms with Gasteiger partial charge < -0.3 is 10.1 Å². The molecule has 4 nitrogen and oxygen atoms in total. The molecule has 6 heteroatoms. The van der Waals surface area contributed by atoms with Gasteiger partial charge in [-0.15, -0.1) is 23.1 Å². The molecule has 1 heterocycles. The molecule has 0 spiro atoms. The Balaban J connectivity index is 1.62. The lowest BCUT2D eigenvalue weighted by molar-refractivity contribution is -0.146. The van der Waals surface area contributed by atoms with Crippen molar-refractivity contribution in [2.45, 2.75) is 18.7 Å². The van der Waals surface area contributed by atoms with Crippen LogP contribution in [-0.2, 0) is 20.1 Å². The van der Waals surface area contributed by atoms with Crippen LogP contribution in [0.2, 0.25) is 0 Å². The first-order chi connectivity index (χ1) is 11.1. The van der Waals surface area contributed by atoms with Crippen molar-refractivity contribution < 1.29 is 14.3 Å². The molecule has 0 bridgehead atoms. The van der Waals surface area contributed by atoms with E-state index in [1.54, 1.807) is 11.3 Å². The van der Waals surface area contributed by atoms with Gasteiger partial charge in [-0.2, -0.15) is 0 Å². The van der Waals surface area contributed by atoms with E-state index in [1.165, 1.54) is 16.6 Å². The van der Waals surface area contributed by atoms with Crippen LogP contribution in [0.5, 0.6) is 0 Å². The Hall–Kier alpha value is -1.79. The van der Waals surface area contributed by atoms with Crippen molar-refractivity contribution >= 4 is 35.0 Å². The maximum absolute atomic E-state index is 11.8. The second-order valence-electron chi connectivity index (χ2n) is 4.93. The highest BCUT2D eigenvalue weighted by molar-refractivity contribution is 7.99. The van der Waals surface area contributed by atoms with E-state index in [0.29, 0.717) is 0 Å². The first-order valence-corrected chi connectivity index (χ1v) is 9.28. The summed E-state index contributed by atoms with van der Waals surface area (Å²) >= 11 is 3.15. The zero-order valence-electron chi connectivity index (χ0n) is 12.9. The standard InChI is InChI=1S/C17H19NO3S2/c1-13(14-6-3-2-4-7-14)18-16(19)10-21-17(20)12-22-11-15-8-5-9-23-15/h2-9,13H,10-12H2,1H3,(H,18,19)/t13-/m1/s1. The molecule has 122 valence electrons. The second kappa shape index (κ2) is 9.37. The van der Waals surface area contributed by atoms with E-state index in [4.69, 9.17) is 4.74 Å². The van der Waals surface area contributed by atoms with Gasteiger partial charge in [0, 0.05) is 10.6 Å². The van der Waals surface area contributed by atoms with Gasteiger partial charge in [-0.3, -0.25) is 9.59 Å². The third-order valence-corrected chi connectivity index (χ3v) is 5.10. The smallest absolute Gasteiger partial charge is 0.316 e. The molecule has 1 aromatic heterocycles. The number of benzene rings is 1. The third-order valence-electron chi connectivity index (χ3n) is 3.09. The predicted octanol–water partition coefficient (Wildman–Crippen LogP) is 3.40. The average molecular weight is 349 g/mol. The fourth-order valence-corrected chi connectivity index (χ4v) is 3.59. The highest BCUT2D eigenvalue weighted by Crippen LogP contribution is 2.17. The normalized spacial score (nSPS) is 11.7. The minimum atomic E-state index is -0.367. The number of carbonyl (C=O) groups is 2. The van der Waals surface area contributed by atoms with Crippen LogP contribution in [0.25, 0.3) is 0 Å². The van der Waals surface area contributed by atoms with Gasteiger partial charge in [0.1, 0.15) is 0 Å². The molecule has 0 aliphatic heterocycles. The molecule has 1 aromatic carbocycles. The molecule has 1 N–H and O–H groups in total. The molecular formula is C17H19NO3S2. The van der Waals surface area contributed by atoms with Crippen molar-refractivity contribution in [2.24, 2.45) is 0 Å². The van der Waals surface area contributed by atoms with E-state index < -0.39 is 0 Å². The number of thioether (sulfide) groups is 1. The minimum Gasteiger partial charge on any atom is -0.455 e. The SMILES string of the molecule is C[C@@H](NC(=O)COC(=O)CSCc1cccs1)c1ccccc1. The minimum absolute atomic E-state index is 0.115. The number of nitrogens with one attached hydrogen (secondary N) is 1. The van der Waals surface area contributed by atoms with E-state index in [-0.39, 0.29) is 30.3 Å². The zero-order chi connectivity index (χ0) is 16.5. The molecule has 0 fully saturated rings. The number of hydrogen-bond donors (Lipinski definition) is 1. The van der Waals surface area contributed by atoms with Gasteiger partial charge in [0.25, 0.3) is 5.91 Å². The number of rotatable bonds is 8. The van der Waals surface area contributed by atoms with Crippen molar-refractivity contribution in [1.29, 1.82) is 0 Å². The molecule has 1 atom stereocenters. The van der Waals surface area contributed by atoms with Gasteiger partial charge >= 0.3 is 5.97 Å². The summed E-state index contributed by atoms with van der Waals surface area (Å²) in [6.45, 7) is 1.65. The maximum atomic E-state index is 11.8. The van der Waals surface area contributed by atoms with Gasteiger partial charge in [0.15, 0.2) is 6.61 Å². The molecule has 0 unspecified atom stereocenters. The summed E-state index contributed by atoms with van der Waals surface area (Å²) in [5.41, 5.74) is 1.01. The van der Waals surface area contributed by atoms with Crippen molar-refractivity contribution in [3.63, 3.8) is 0 Å². The van der Waals surface area contributed by atoms with E-state index in [0.717, 1.165) is 11.3 Å². The Morgan fingerprint density at radius 3 is 2.70 bits per heavy atom. The molecule has 0 aliphatic carbocycles. The second-order valence-corrected chi connectivity index (χ2v) is 6.95. The van der Waals surface area contributed by atoms with Crippen LogP contribution in [-0.4, -0.2) is 24.2 Å². The highest BCUT2D eigenvalue weighted by atomic mass is 32.2. The molecule has 1 amide bonds. The zero-order valence-corrected chi connectivity index (χ0v) is 14.5. The first-order valence-electron chi connectivity index (χ1n) is 7.25. The molecular weight excluding hydrogens is 330 g/mol. The lowest BCUT2D eigenvalue weighted by Gasteiger charge is -2.14. The summed E-state index contributed by atoms with van der Waals surface area (Å²) in [6.07, 6.45) is 0. The van der Waals surface area contributed by atoms with E-state index in [2.05, 4.69) is 5.32 Å². The quantitative estimate of drug-likeness (QED) is 0.742. The summed E-state index contributed by atoms with van der Waals surface area (Å²) in [5, 5.41) is 4.82. The number of esters is 1. The summed E-state index contributed by atoms with van der Waals surface area (Å²) in [7, 11) is 0. The Bertz CT molecular complexity index is 614. The fourth-order valence-electron chi connectivity index (χ4n) is 1.93. The summed E-state index contributed by atoms with van der Waals surface area (Å²) in [4.78, 5) is 24.6. The Morgan fingerprint density at radius 2 is 2.00 bits per heavy atom. The lowest BCUT2D eigenvalue weighted by Crippen LogP contribution is -2.31. The largest absolute Gasteiger partial charge is 0.455 e. The van der Waals surface area contributed by atoms with E-state index in [9.17, 15) is 9.59 Å². The van der Waals surface area contributed by atoms with E-state index >= 15 is 0 Å². The van der Waals surface area contributed by atoms with Gasteiger partial charge in [0.2, 0.25) is 0 Å². The molecule has 2 rings (SSSR count). The third kappa shape index (κ3) is 6.46. The van der Waals surface area contributed by atoms with Crippen LogP contribution in [0, 0.1) is 0 Å². The first kappa shape index (κ1) is 17.6. The number of amides is 1. The monoisotopic (exact) mass is 349 g/mol. The van der Waals surface area contributed by atoms with Crippen LogP contribution in [0.3, 0.4) is 0 Å². The van der Waals surface area contributed by atoms with Crippen LogP contribution in [0.4, 0.5) is 0 Å². The van der Waals surface area contributed by atoms with Gasteiger partial charge in [0.05, 0.1) is 11.8 Å². The van der Waals surface area contributed by atoms with Crippen molar-refractivity contribution in [2.75, 3.05) is 12.4 Å². The van der Waals surface area contributed by atoms with Crippen LogP contribution < -0.4 is 5.32 Å². The lowest BCUT2D eigenvalue weighted by atomic mass is 10.1. The van der Waals surface area contributed by atoms with Gasteiger partial charge in [-0.1, -0.05) is 36.4 Å². The molecule has 0 saturated heterocycles. The summed E-state index contributed by atoms with van der Waals surface area (Å²) in [5.74, 6) is 0.371. The molecule has 0 radical (unpaired) electrons. The fraction of sp³-hybridized carbons (Fsp3) is 0.294. The number of ether oxygens (including phenoxy) is 1.